The third-order valence-electron chi connectivity index (χ3n) is 9.81. The molecule has 0 fully saturated rings. The first-order valence-electron chi connectivity index (χ1n) is 23.4. The summed E-state index contributed by atoms with van der Waals surface area (Å²) in [6.45, 7) is 2.58. The van der Waals surface area contributed by atoms with E-state index in [4.69, 9.17) is 24.8 Å². The number of carboxylic acids is 1. The van der Waals surface area contributed by atoms with E-state index in [0.717, 1.165) is 57.8 Å². The highest BCUT2D eigenvalue weighted by Gasteiger charge is 2.28. The number of carboxylic acid groups (broad SMARTS) is 1. The van der Waals surface area contributed by atoms with Crippen molar-refractivity contribution in [1.29, 1.82) is 0 Å². The molecule has 0 amide bonds. The van der Waals surface area contributed by atoms with Crippen LogP contribution in [0.15, 0.2) is 60.8 Å². The second kappa shape index (κ2) is 42.4. The van der Waals surface area contributed by atoms with Gasteiger partial charge in [0.2, 0.25) is 0 Å². The lowest BCUT2D eigenvalue weighted by Gasteiger charge is -2.20. The molecule has 0 aromatic carbocycles. The molecular weight excluding hydrogens is 797 g/mol. The summed E-state index contributed by atoms with van der Waals surface area (Å²) in [6, 6.07) is -1.54. The highest BCUT2D eigenvalue weighted by molar-refractivity contribution is 7.47. The molecular formula is C48H84NO11P. The van der Waals surface area contributed by atoms with Crippen molar-refractivity contribution >= 4 is 25.7 Å². The van der Waals surface area contributed by atoms with Crippen LogP contribution in [-0.2, 0) is 37.5 Å². The van der Waals surface area contributed by atoms with Crippen molar-refractivity contribution < 1.29 is 52.6 Å². The predicted molar refractivity (Wildman–Crippen MR) is 246 cm³/mol. The number of esters is 2. The third-order valence-corrected chi connectivity index (χ3v) is 10.8. The molecule has 0 aromatic rings. The van der Waals surface area contributed by atoms with Gasteiger partial charge in [0.15, 0.2) is 6.10 Å². The number of aliphatic carboxylic acids is 1. The van der Waals surface area contributed by atoms with Crippen LogP contribution >= 0.6 is 7.82 Å². The van der Waals surface area contributed by atoms with Crippen LogP contribution in [0.5, 0.6) is 0 Å². The zero-order valence-electron chi connectivity index (χ0n) is 37.9. The molecule has 5 N–H and O–H groups in total. The number of phosphoric acid groups is 1. The van der Waals surface area contributed by atoms with Crippen LogP contribution in [-0.4, -0.2) is 71.1 Å². The quantitative estimate of drug-likeness (QED) is 0.0196. The number of phosphoric ester groups is 1. The molecule has 0 bridgehead atoms. The molecule has 0 rings (SSSR count). The molecule has 13 heteroatoms. The molecule has 1 unspecified atom stereocenters. The molecule has 0 saturated heterocycles. The van der Waals surface area contributed by atoms with Crippen molar-refractivity contribution in [3.05, 3.63) is 60.8 Å². The number of rotatable bonds is 43. The molecule has 0 heterocycles. The zero-order chi connectivity index (χ0) is 45.1. The number of nitrogens with two attached hydrogens (primary N) is 1. The SMILES string of the molecule is CCCCCCCC/C=C\CCCCCCCCCCCC(=O)OC[C@H](COP(=O)(O)OC[C@H](N)C(=O)O)OC(=O)CCC/C=C\C/C=C\C/C=C\C/C=C\[C@H](O)CCCC. The molecule has 0 aliphatic carbocycles. The van der Waals surface area contributed by atoms with Crippen LogP contribution in [0.2, 0.25) is 0 Å². The first kappa shape index (κ1) is 58.1. The number of hydrogen-bond acceptors (Lipinski definition) is 10. The topological polar surface area (TPSA) is 192 Å². The second-order valence-corrected chi connectivity index (χ2v) is 17.2. The molecule has 0 saturated carbocycles. The van der Waals surface area contributed by atoms with Crippen LogP contribution in [0.3, 0.4) is 0 Å². The maximum absolute atomic E-state index is 12.6. The molecule has 0 aliphatic rings. The van der Waals surface area contributed by atoms with Crippen LogP contribution < -0.4 is 5.73 Å². The van der Waals surface area contributed by atoms with E-state index in [-0.39, 0.29) is 25.6 Å². The van der Waals surface area contributed by atoms with Crippen LogP contribution in [0.25, 0.3) is 0 Å². The lowest BCUT2D eigenvalue weighted by molar-refractivity contribution is -0.161. The lowest BCUT2D eigenvalue weighted by atomic mass is 10.1. The van der Waals surface area contributed by atoms with Crippen molar-refractivity contribution in [3.63, 3.8) is 0 Å². The van der Waals surface area contributed by atoms with E-state index in [1.54, 1.807) is 0 Å². The van der Waals surface area contributed by atoms with E-state index in [1.807, 2.05) is 24.3 Å². The number of carbonyl (C=O) groups is 3. The lowest BCUT2D eigenvalue weighted by Crippen LogP contribution is -2.34. The van der Waals surface area contributed by atoms with Crippen LogP contribution in [0.1, 0.15) is 187 Å². The Morgan fingerprint density at radius 3 is 1.61 bits per heavy atom. The van der Waals surface area contributed by atoms with Gasteiger partial charge < -0.3 is 30.3 Å². The molecule has 0 aliphatic heterocycles. The van der Waals surface area contributed by atoms with Gasteiger partial charge in [-0.05, 0) is 70.6 Å². The van der Waals surface area contributed by atoms with Gasteiger partial charge in [0.25, 0.3) is 0 Å². The standard InChI is InChI=1S/C48H84NO11P/c1-3-5-7-8-9-10-11-12-13-14-15-16-17-18-22-25-28-31-34-38-46(51)57-40-44(41-58-61(55,56)59-42-45(49)48(53)54)60-47(52)39-35-32-29-26-23-20-19-21-24-27-30-33-37-43(50)36-6-4-2/h12-13,19-20,24,26-27,29,33,37,43-45,50H,3-11,14-18,21-23,25,28,30-32,34-36,38-42,49H2,1-2H3,(H,53,54)(H,55,56)/b13-12-,20-19-,27-24-,29-26-,37-33-/t43-,44-,45+/m1/s1. The summed E-state index contributed by atoms with van der Waals surface area (Å²) < 4.78 is 32.7. The summed E-state index contributed by atoms with van der Waals surface area (Å²) in [4.78, 5) is 46.0. The van der Waals surface area contributed by atoms with Gasteiger partial charge >= 0.3 is 25.7 Å². The van der Waals surface area contributed by atoms with E-state index in [1.165, 1.54) is 83.5 Å². The van der Waals surface area contributed by atoms with Gasteiger partial charge in [-0.3, -0.25) is 23.4 Å². The minimum absolute atomic E-state index is 0.0664. The fraction of sp³-hybridized carbons (Fsp3) is 0.729. The molecule has 4 atom stereocenters. The summed E-state index contributed by atoms with van der Waals surface area (Å²) in [5, 5.41) is 18.7. The van der Waals surface area contributed by atoms with Gasteiger partial charge in [0.1, 0.15) is 12.6 Å². The van der Waals surface area contributed by atoms with E-state index < -0.39 is 51.1 Å². The monoisotopic (exact) mass is 882 g/mol. The molecule has 0 spiro atoms. The molecule has 61 heavy (non-hydrogen) atoms. The summed E-state index contributed by atoms with van der Waals surface area (Å²) in [5.74, 6) is -2.48. The first-order chi connectivity index (χ1) is 29.5. The van der Waals surface area contributed by atoms with Crippen molar-refractivity contribution in [2.45, 2.75) is 205 Å². The second-order valence-electron chi connectivity index (χ2n) is 15.7. The molecule has 0 radical (unpaired) electrons. The number of hydrogen-bond donors (Lipinski definition) is 4. The Bertz CT molecular complexity index is 1280. The summed E-state index contributed by atoms with van der Waals surface area (Å²) in [5.41, 5.74) is 5.33. The highest BCUT2D eigenvalue weighted by Crippen LogP contribution is 2.43. The Morgan fingerprint density at radius 2 is 1.03 bits per heavy atom. The molecule has 352 valence electrons. The van der Waals surface area contributed by atoms with Gasteiger partial charge in [-0.25, -0.2) is 4.57 Å². The van der Waals surface area contributed by atoms with Gasteiger partial charge in [0, 0.05) is 12.8 Å². The van der Waals surface area contributed by atoms with Crippen LogP contribution in [0, 0.1) is 0 Å². The van der Waals surface area contributed by atoms with Gasteiger partial charge in [0.05, 0.1) is 19.3 Å². The van der Waals surface area contributed by atoms with E-state index in [9.17, 15) is 28.9 Å². The Balaban J connectivity index is 4.43. The van der Waals surface area contributed by atoms with E-state index in [2.05, 4.69) is 54.8 Å². The largest absolute Gasteiger partial charge is 0.480 e. The van der Waals surface area contributed by atoms with Gasteiger partial charge in [-0.1, -0.05) is 164 Å². The van der Waals surface area contributed by atoms with Crippen molar-refractivity contribution in [3.8, 4) is 0 Å². The summed E-state index contributed by atoms with van der Waals surface area (Å²) in [7, 11) is -4.75. The highest BCUT2D eigenvalue weighted by atomic mass is 31.2. The Hall–Kier alpha value is -2.86. The number of carbonyl (C=O) groups excluding carboxylic acids is 2. The summed E-state index contributed by atoms with van der Waals surface area (Å²) in [6.07, 6.45) is 46.2. The van der Waals surface area contributed by atoms with Crippen LogP contribution in [0.4, 0.5) is 0 Å². The number of unbranched alkanes of at least 4 members (excludes halogenated alkanes) is 17. The van der Waals surface area contributed by atoms with Gasteiger partial charge in [-0.2, -0.15) is 0 Å². The van der Waals surface area contributed by atoms with Crippen molar-refractivity contribution in [2.24, 2.45) is 5.73 Å². The van der Waals surface area contributed by atoms with Crippen molar-refractivity contribution in [2.75, 3.05) is 19.8 Å². The zero-order valence-corrected chi connectivity index (χ0v) is 38.7. The smallest absolute Gasteiger partial charge is 0.472 e. The Labute approximate surface area is 369 Å². The number of aliphatic hydroxyl groups excluding tert-OH is 1. The maximum Gasteiger partial charge on any atom is 0.472 e. The summed E-state index contributed by atoms with van der Waals surface area (Å²) >= 11 is 0. The third kappa shape index (κ3) is 42.2. The molecule has 0 aromatic heterocycles. The number of ether oxygens (including phenoxy) is 2. The fourth-order valence-corrected chi connectivity index (χ4v) is 6.85. The maximum atomic E-state index is 12.6. The average molecular weight is 882 g/mol. The Morgan fingerprint density at radius 1 is 0.574 bits per heavy atom. The van der Waals surface area contributed by atoms with E-state index >= 15 is 0 Å². The van der Waals surface area contributed by atoms with Crippen molar-refractivity contribution in [1.82, 2.24) is 0 Å². The minimum Gasteiger partial charge on any atom is -0.480 e. The normalized spacial score (nSPS) is 14.7. The number of aliphatic hydroxyl groups is 1. The van der Waals surface area contributed by atoms with E-state index in [0.29, 0.717) is 19.3 Å². The molecule has 12 nitrogen and oxygen atoms in total. The first-order valence-corrected chi connectivity index (χ1v) is 24.9. The Kier molecular flexibility index (Phi) is 40.5. The fourth-order valence-electron chi connectivity index (χ4n) is 6.07. The predicted octanol–water partition coefficient (Wildman–Crippen LogP) is 11.7. The number of allylic oxidation sites excluding steroid dienone is 9. The minimum atomic E-state index is -4.75. The average Bonchev–Trinajstić information content (AvgIpc) is 3.23. The van der Waals surface area contributed by atoms with Gasteiger partial charge in [-0.15, -0.1) is 0 Å².